The molecule has 0 aliphatic rings. The summed E-state index contributed by atoms with van der Waals surface area (Å²) in [6, 6.07) is 118. The number of benzene rings is 18. The number of hydrogen-bond acceptors (Lipinski definition) is 9. The Morgan fingerprint density at radius 3 is 1.06 bits per heavy atom. The lowest BCUT2D eigenvalue weighted by atomic mass is 9.89. The number of nitriles is 3. The van der Waals surface area contributed by atoms with E-state index in [1.165, 1.54) is 47.4 Å². The first kappa shape index (κ1) is 87.1. The van der Waals surface area contributed by atoms with Crippen molar-refractivity contribution >= 4 is 115 Å². The number of nitrogens with zero attached hydrogens (tertiary/aromatic N) is 10. The Balaban J connectivity index is 0.000000124. The smallest absolute Gasteiger partial charge is 0.264 e. The average Bonchev–Trinajstić information content (AvgIpc) is 1.61. The fourth-order valence-corrected chi connectivity index (χ4v) is 20.9. The van der Waals surface area contributed by atoms with E-state index in [-0.39, 0.29) is 16.7 Å². The maximum Gasteiger partial charge on any atom is 0.264 e. The second kappa shape index (κ2) is 35.3. The Hall–Kier alpha value is -17.9. The summed E-state index contributed by atoms with van der Waals surface area (Å²) in [5, 5.41) is 37.6. The van der Waals surface area contributed by atoms with Crippen LogP contribution in [-0.2, 0) is 0 Å². The predicted octanol–water partition coefficient (Wildman–Crippen LogP) is 29.7. The lowest BCUT2D eigenvalue weighted by Crippen LogP contribution is -2.14. The highest BCUT2D eigenvalue weighted by atomic mass is 16.1. The molecular weight excluding hydrogens is 1680 g/mol. The zero-order valence-corrected chi connectivity index (χ0v) is 77.9. The van der Waals surface area contributed by atoms with Crippen LogP contribution >= 0.6 is 0 Å². The molecule has 6 heterocycles. The number of imidazole rings is 3. The monoisotopic (exact) mass is 1770 g/mol. The summed E-state index contributed by atoms with van der Waals surface area (Å²) in [4.78, 5) is 62.1. The molecule has 6 aromatic heterocycles. The van der Waals surface area contributed by atoms with Gasteiger partial charge < -0.3 is 4.85 Å². The van der Waals surface area contributed by atoms with Gasteiger partial charge in [0.15, 0.2) is 0 Å². The molecule has 137 heavy (non-hydrogen) atoms. The van der Waals surface area contributed by atoms with Crippen molar-refractivity contribution in [2.24, 2.45) is 0 Å². The average molecular weight is 1770 g/mol. The molecule has 0 atom stereocenters. The van der Waals surface area contributed by atoms with Crippen molar-refractivity contribution in [1.82, 2.24) is 28.2 Å². The minimum absolute atomic E-state index is 0.0412. The van der Waals surface area contributed by atoms with Gasteiger partial charge in [0.1, 0.15) is 16.9 Å². The fourth-order valence-electron chi connectivity index (χ4n) is 20.9. The second-order valence-electron chi connectivity index (χ2n) is 35.5. The molecule has 654 valence electrons. The molecule has 0 fully saturated rings. The van der Waals surface area contributed by atoms with E-state index in [0.717, 1.165) is 204 Å². The van der Waals surface area contributed by atoms with Gasteiger partial charge in [-0.3, -0.25) is 27.6 Å². The summed E-state index contributed by atoms with van der Waals surface area (Å²) in [5.74, 6) is 0. The van der Waals surface area contributed by atoms with Crippen molar-refractivity contribution in [2.75, 3.05) is 7.05 Å². The first-order valence-electron chi connectivity index (χ1n) is 45.7. The van der Waals surface area contributed by atoms with E-state index in [1.807, 2.05) is 114 Å². The highest BCUT2D eigenvalue weighted by Gasteiger charge is 2.29. The van der Waals surface area contributed by atoms with Crippen molar-refractivity contribution in [2.45, 2.75) is 76.2 Å². The number of aryl methyl sites for hydroxylation is 10. The SMILES string of the molecule is CC#N.Cc1ccc(-c2ccc3c(=O)n4c(nc5cc(-c6c(C)cccc6C)cc(-c6c(C)cccc6C)c54)c4ccc(C#N)c2c34)cc1.Cc1ccc(-c2ccc3c(=O)n4c5cc(-c6c(C)cccc6C)cc(-c6c(C)cccc6C)c5nc4c4ccc(C#N)c2c34)cc1.O=c1c2ccc(-c3ccccc3)c3cccc(c32)c2nc3cc(-c4ccccc4)cc(-c4ccccc4)c3n12.[C-]#[N+]C. The van der Waals surface area contributed by atoms with Crippen molar-refractivity contribution < 1.29 is 0 Å². The van der Waals surface area contributed by atoms with Crippen LogP contribution in [0.1, 0.15) is 73.7 Å². The molecule has 0 amide bonds. The van der Waals surface area contributed by atoms with Crippen LogP contribution in [0.15, 0.2) is 342 Å². The van der Waals surface area contributed by atoms with E-state index in [9.17, 15) is 24.9 Å². The number of pyridine rings is 3. The van der Waals surface area contributed by atoms with Crippen molar-refractivity contribution in [1.29, 1.82) is 15.8 Å². The summed E-state index contributed by atoms with van der Waals surface area (Å²) < 4.78 is 5.42. The van der Waals surface area contributed by atoms with E-state index in [2.05, 4.69) is 305 Å². The first-order chi connectivity index (χ1) is 66.6. The first-order valence-corrected chi connectivity index (χ1v) is 45.7. The third kappa shape index (κ3) is 14.7. The van der Waals surface area contributed by atoms with Crippen LogP contribution in [0.4, 0.5) is 0 Å². The lowest BCUT2D eigenvalue weighted by molar-refractivity contribution is 1.19. The van der Waals surface area contributed by atoms with E-state index >= 15 is 0 Å². The quantitative estimate of drug-likeness (QED) is 0.127. The molecule has 18 aromatic carbocycles. The molecule has 0 bridgehead atoms. The van der Waals surface area contributed by atoms with Crippen LogP contribution < -0.4 is 16.7 Å². The Bertz CT molecular complexity index is 9250. The summed E-state index contributed by atoms with van der Waals surface area (Å²) in [6.07, 6.45) is 0. The molecular formula is C124H90N10O3. The second-order valence-corrected chi connectivity index (χ2v) is 35.5. The van der Waals surface area contributed by atoms with Gasteiger partial charge >= 0.3 is 0 Å². The number of aromatic nitrogens is 6. The molecule has 13 heteroatoms. The minimum Gasteiger partial charge on any atom is -0.320 e. The van der Waals surface area contributed by atoms with Gasteiger partial charge in [0, 0.05) is 82.9 Å². The Morgan fingerprint density at radius 1 is 0.277 bits per heavy atom. The van der Waals surface area contributed by atoms with Gasteiger partial charge in [-0.2, -0.15) is 15.8 Å². The number of fused-ring (bicyclic) bond motifs is 12. The van der Waals surface area contributed by atoms with E-state index in [1.54, 1.807) is 14.9 Å². The number of rotatable bonds is 9. The van der Waals surface area contributed by atoms with Gasteiger partial charge in [0.05, 0.1) is 62.4 Å². The van der Waals surface area contributed by atoms with Crippen LogP contribution in [0, 0.1) is 110 Å². The van der Waals surface area contributed by atoms with Crippen LogP contribution in [0.3, 0.4) is 0 Å². The molecule has 24 rings (SSSR count). The largest absolute Gasteiger partial charge is 0.320 e. The van der Waals surface area contributed by atoms with Gasteiger partial charge in [0.2, 0.25) is 7.05 Å². The van der Waals surface area contributed by atoms with Gasteiger partial charge in [-0.25, -0.2) is 21.5 Å². The van der Waals surface area contributed by atoms with Gasteiger partial charge in [0.25, 0.3) is 16.7 Å². The normalized spacial score (nSPS) is 11.3. The Morgan fingerprint density at radius 2 is 0.606 bits per heavy atom. The molecule has 0 saturated heterocycles. The summed E-state index contributed by atoms with van der Waals surface area (Å²) in [5.41, 5.74) is 38.2. The third-order valence-electron chi connectivity index (χ3n) is 26.9. The predicted molar refractivity (Wildman–Crippen MR) is 565 cm³/mol. The highest BCUT2D eigenvalue weighted by Crippen LogP contribution is 2.48. The minimum atomic E-state index is -0.133. The third-order valence-corrected chi connectivity index (χ3v) is 26.9. The highest BCUT2D eigenvalue weighted by molar-refractivity contribution is 6.24. The molecule has 0 N–H and O–H groups in total. The van der Waals surface area contributed by atoms with Crippen LogP contribution in [0.2, 0.25) is 0 Å². The topological polar surface area (TPSA) is 179 Å². The molecule has 13 nitrogen and oxygen atoms in total. The zero-order valence-electron chi connectivity index (χ0n) is 77.9. The summed E-state index contributed by atoms with van der Waals surface area (Å²) in [7, 11) is 1.42. The molecule has 24 aromatic rings. The molecule has 0 unspecified atom stereocenters. The summed E-state index contributed by atoms with van der Waals surface area (Å²) >= 11 is 0. The maximum atomic E-state index is 14.7. The van der Waals surface area contributed by atoms with E-state index in [4.69, 9.17) is 26.8 Å². The molecule has 0 saturated carbocycles. The van der Waals surface area contributed by atoms with E-state index < -0.39 is 0 Å². The fraction of sp³-hybridized carbons (Fsp3) is 0.0968. The van der Waals surface area contributed by atoms with E-state index in [0.29, 0.717) is 44.2 Å². The Kier molecular flexibility index (Phi) is 22.5. The molecule has 0 spiro atoms. The molecule has 0 aliphatic heterocycles. The van der Waals surface area contributed by atoms with Crippen LogP contribution in [0.5, 0.6) is 0 Å². The Labute approximate surface area is 791 Å². The van der Waals surface area contributed by atoms with Gasteiger partial charge in [-0.15, -0.1) is 0 Å². The molecule has 0 radical (unpaired) electrons. The van der Waals surface area contributed by atoms with Crippen LogP contribution in [0.25, 0.3) is 220 Å². The lowest BCUT2D eigenvalue weighted by Gasteiger charge is -2.16. The number of hydrogen-bond donors (Lipinski definition) is 0. The summed E-state index contributed by atoms with van der Waals surface area (Å²) in [6.45, 7) is 28.5. The van der Waals surface area contributed by atoms with Crippen molar-refractivity contribution in [3.05, 3.63) is 437 Å². The van der Waals surface area contributed by atoms with Crippen LogP contribution in [-0.4, -0.2) is 35.2 Å². The van der Waals surface area contributed by atoms with Gasteiger partial charge in [-0.1, -0.05) is 260 Å². The van der Waals surface area contributed by atoms with Gasteiger partial charge in [-0.05, 0) is 281 Å². The molecule has 0 aliphatic carbocycles. The zero-order chi connectivity index (χ0) is 95.0. The standard InChI is InChI=1S/2C42H31N3O.C36H22N2O.2C2H3N/c1-23-12-14-28(15-13-23)31-18-19-33-39-32(17-16-29(22-43)38(31)39)41-44-40-34(37-26(4)10-7-11-27(37)5)20-30(21-35(40)45(41)42(33)46)36-24(2)8-6-9-25(36)3;1-23-12-14-28(15-13-23)31-18-19-33-39-32(17-16-29(22-43)38(31)39)41-44-35-21-30(36-24(2)8-6-9-25(36)3)20-34(40(35)45(41)42(33)46)37-26(4)10-7-11-27(37)5;39-36-30-20-19-27(24-13-6-2-7-14-24)28-17-10-18-29(33(28)30)35-37-32-22-26(23-11-4-1-5-12-23)21-31(34(32)38(35)36)25-15-8-3-9-16-25;1-3-2;1-2-3/h2*6-21H,1-5H3;1-22H;2*1H3. The van der Waals surface area contributed by atoms with Crippen molar-refractivity contribution in [3.8, 4) is 118 Å². The maximum absolute atomic E-state index is 14.7. The van der Waals surface area contributed by atoms with Crippen molar-refractivity contribution in [3.63, 3.8) is 0 Å².